The van der Waals surface area contributed by atoms with Crippen LogP contribution in [0.25, 0.3) is 0 Å². The highest BCUT2D eigenvalue weighted by Crippen LogP contribution is 2.47. The molecule has 1 saturated carbocycles. The van der Waals surface area contributed by atoms with Crippen LogP contribution in [0.3, 0.4) is 0 Å². The molecule has 1 amide bonds. The molecule has 0 aromatic heterocycles. The van der Waals surface area contributed by atoms with Gasteiger partial charge in [-0.25, -0.2) is 0 Å². The highest BCUT2D eigenvalue weighted by molar-refractivity contribution is 14.0. The Hall–Kier alpha value is -1.31. The standard InChI is InChI=1S/C20H32N4O.HI/c1-19(2,3)23-17(25)14-24(5)18(21-4)22-15-20(11-12-20)13-16-9-7-6-8-10-16;/h6-10H,11-15H2,1-5H3,(H,21,22)(H,23,25);1H. The predicted molar refractivity (Wildman–Crippen MR) is 119 cm³/mol. The highest BCUT2D eigenvalue weighted by Gasteiger charge is 2.42. The minimum Gasteiger partial charge on any atom is -0.356 e. The van der Waals surface area contributed by atoms with Crippen molar-refractivity contribution < 1.29 is 4.79 Å². The van der Waals surface area contributed by atoms with Crippen LogP contribution in [-0.2, 0) is 11.2 Å². The molecule has 0 bridgehead atoms. The number of guanidine groups is 1. The third kappa shape index (κ3) is 7.51. The molecular weight excluding hydrogens is 439 g/mol. The lowest BCUT2D eigenvalue weighted by Crippen LogP contribution is -2.49. The zero-order valence-corrected chi connectivity index (χ0v) is 19.0. The lowest BCUT2D eigenvalue weighted by Gasteiger charge is -2.26. The van der Waals surface area contributed by atoms with E-state index in [1.807, 2.05) is 32.7 Å². The van der Waals surface area contributed by atoms with Crippen LogP contribution in [-0.4, -0.2) is 49.5 Å². The lowest BCUT2D eigenvalue weighted by atomic mass is 9.96. The molecule has 6 heteroatoms. The molecule has 1 aliphatic rings. The molecule has 0 aliphatic heterocycles. The number of halogens is 1. The summed E-state index contributed by atoms with van der Waals surface area (Å²) in [6.07, 6.45) is 3.56. The molecule has 0 heterocycles. The van der Waals surface area contributed by atoms with E-state index in [9.17, 15) is 4.79 Å². The molecule has 0 unspecified atom stereocenters. The van der Waals surface area contributed by atoms with Crippen LogP contribution in [0.1, 0.15) is 39.2 Å². The molecule has 26 heavy (non-hydrogen) atoms. The van der Waals surface area contributed by atoms with Gasteiger partial charge in [-0.1, -0.05) is 30.3 Å². The number of nitrogens with zero attached hydrogens (tertiary/aromatic N) is 2. The van der Waals surface area contributed by atoms with Crippen molar-refractivity contribution in [3.8, 4) is 0 Å². The maximum Gasteiger partial charge on any atom is 0.240 e. The maximum absolute atomic E-state index is 12.1. The lowest BCUT2D eigenvalue weighted by molar-refractivity contribution is -0.122. The van der Waals surface area contributed by atoms with Gasteiger partial charge < -0.3 is 15.5 Å². The summed E-state index contributed by atoms with van der Waals surface area (Å²) in [7, 11) is 3.66. The van der Waals surface area contributed by atoms with E-state index in [2.05, 4.69) is 46.0 Å². The Morgan fingerprint density at radius 3 is 2.35 bits per heavy atom. The van der Waals surface area contributed by atoms with E-state index in [1.54, 1.807) is 7.05 Å². The summed E-state index contributed by atoms with van der Waals surface area (Å²) in [5.41, 5.74) is 1.49. The fourth-order valence-electron chi connectivity index (χ4n) is 3.02. The van der Waals surface area contributed by atoms with Crippen molar-refractivity contribution in [2.45, 2.75) is 45.6 Å². The minimum absolute atomic E-state index is 0. The number of likely N-dealkylation sites (N-methyl/N-ethyl adjacent to an activating group) is 1. The van der Waals surface area contributed by atoms with Crippen LogP contribution in [0.5, 0.6) is 0 Å². The summed E-state index contributed by atoms with van der Waals surface area (Å²) < 4.78 is 0. The minimum atomic E-state index is -0.220. The molecular formula is C20H33IN4O. The first-order valence-corrected chi connectivity index (χ1v) is 9.00. The van der Waals surface area contributed by atoms with E-state index < -0.39 is 0 Å². The summed E-state index contributed by atoms with van der Waals surface area (Å²) in [5.74, 6) is 0.770. The van der Waals surface area contributed by atoms with E-state index in [4.69, 9.17) is 0 Å². The molecule has 1 aliphatic carbocycles. The van der Waals surface area contributed by atoms with Gasteiger partial charge in [0.15, 0.2) is 5.96 Å². The second-order valence-electron chi connectivity index (χ2n) is 8.22. The molecule has 2 N–H and O–H groups in total. The molecule has 1 fully saturated rings. The van der Waals surface area contributed by atoms with Gasteiger partial charge >= 0.3 is 0 Å². The Labute approximate surface area is 175 Å². The van der Waals surface area contributed by atoms with Crippen molar-refractivity contribution in [1.29, 1.82) is 0 Å². The molecule has 0 atom stereocenters. The SMILES string of the molecule is CN=C(NCC1(Cc2ccccc2)CC1)N(C)CC(=O)NC(C)(C)C.I. The molecule has 5 nitrogen and oxygen atoms in total. The zero-order chi connectivity index (χ0) is 18.5. The van der Waals surface area contributed by atoms with Gasteiger partial charge in [-0.2, -0.15) is 0 Å². The van der Waals surface area contributed by atoms with Gasteiger partial charge in [-0.3, -0.25) is 9.79 Å². The number of nitrogens with one attached hydrogen (secondary N) is 2. The van der Waals surface area contributed by atoms with Crippen LogP contribution in [0.4, 0.5) is 0 Å². The number of carbonyl (C=O) groups excluding carboxylic acids is 1. The Kier molecular flexibility index (Phi) is 8.37. The topological polar surface area (TPSA) is 56.7 Å². The van der Waals surface area contributed by atoms with E-state index >= 15 is 0 Å². The molecule has 146 valence electrons. The number of rotatable bonds is 6. The third-order valence-corrected chi connectivity index (χ3v) is 4.47. The molecule has 0 radical (unpaired) electrons. The molecule has 1 aromatic carbocycles. The van der Waals surface area contributed by atoms with Crippen molar-refractivity contribution in [2.24, 2.45) is 10.4 Å². The number of benzene rings is 1. The summed E-state index contributed by atoms with van der Waals surface area (Å²) in [4.78, 5) is 18.3. The monoisotopic (exact) mass is 472 g/mol. The number of amides is 1. The van der Waals surface area contributed by atoms with E-state index in [0.29, 0.717) is 12.0 Å². The van der Waals surface area contributed by atoms with Crippen molar-refractivity contribution in [3.63, 3.8) is 0 Å². The third-order valence-electron chi connectivity index (χ3n) is 4.47. The van der Waals surface area contributed by atoms with Gasteiger partial charge in [-0.15, -0.1) is 24.0 Å². The predicted octanol–water partition coefficient (Wildman–Crippen LogP) is 3.05. The van der Waals surface area contributed by atoms with Gasteiger partial charge in [0.05, 0.1) is 6.54 Å². The van der Waals surface area contributed by atoms with E-state index in [0.717, 1.165) is 18.9 Å². The Bertz CT molecular complexity index is 606. The number of carbonyl (C=O) groups is 1. The zero-order valence-electron chi connectivity index (χ0n) is 16.6. The van der Waals surface area contributed by atoms with E-state index in [1.165, 1.54) is 18.4 Å². The van der Waals surface area contributed by atoms with Crippen LogP contribution in [0, 0.1) is 5.41 Å². The first-order chi connectivity index (χ1) is 11.7. The Morgan fingerprint density at radius 2 is 1.85 bits per heavy atom. The first kappa shape index (κ1) is 22.7. The average molecular weight is 472 g/mol. The normalized spacial score (nSPS) is 15.7. The van der Waals surface area contributed by atoms with Gasteiger partial charge in [0, 0.05) is 26.2 Å². The van der Waals surface area contributed by atoms with Crippen LogP contribution < -0.4 is 10.6 Å². The van der Waals surface area contributed by atoms with Crippen LogP contribution >= 0.6 is 24.0 Å². The fourth-order valence-corrected chi connectivity index (χ4v) is 3.02. The van der Waals surface area contributed by atoms with E-state index in [-0.39, 0.29) is 35.4 Å². The van der Waals surface area contributed by atoms with Crippen molar-refractivity contribution >= 4 is 35.8 Å². The number of hydrogen-bond acceptors (Lipinski definition) is 2. The average Bonchev–Trinajstić information content (AvgIpc) is 3.26. The number of aliphatic imine (C=N–C) groups is 1. The molecule has 0 spiro atoms. The summed E-state index contributed by atoms with van der Waals surface area (Å²) in [6.45, 7) is 7.14. The fraction of sp³-hybridized carbons (Fsp3) is 0.600. The number of hydrogen-bond donors (Lipinski definition) is 2. The Balaban J connectivity index is 0.00000338. The summed E-state index contributed by atoms with van der Waals surface area (Å²) in [6, 6.07) is 10.6. The second-order valence-corrected chi connectivity index (χ2v) is 8.22. The van der Waals surface area contributed by atoms with Crippen LogP contribution in [0.15, 0.2) is 35.3 Å². The molecule has 0 saturated heterocycles. The first-order valence-electron chi connectivity index (χ1n) is 9.00. The smallest absolute Gasteiger partial charge is 0.240 e. The van der Waals surface area contributed by atoms with Gasteiger partial charge in [0.25, 0.3) is 0 Å². The Morgan fingerprint density at radius 1 is 1.23 bits per heavy atom. The van der Waals surface area contributed by atoms with Crippen molar-refractivity contribution in [2.75, 3.05) is 27.2 Å². The largest absolute Gasteiger partial charge is 0.356 e. The van der Waals surface area contributed by atoms with Crippen molar-refractivity contribution in [1.82, 2.24) is 15.5 Å². The van der Waals surface area contributed by atoms with Gasteiger partial charge in [-0.05, 0) is 51.0 Å². The van der Waals surface area contributed by atoms with Crippen molar-refractivity contribution in [3.05, 3.63) is 35.9 Å². The summed E-state index contributed by atoms with van der Waals surface area (Å²) >= 11 is 0. The van der Waals surface area contributed by atoms with Crippen LogP contribution in [0.2, 0.25) is 0 Å². The molecule has 1 aromatic rings. The summed E-state index contributed by atoms with van der Waals surface area (Å²) in [5, 5.41) is 6.44. The van der Waals surface area contributed by atoms with Gasteiger partial charge in [0.2, 0.25) is 5.91 Å². The highest BCUT2D eigenvalue weighted by atomic mass is 127. The van der Waals surface area contributed by atoms with Gasteiger partial charge in [0.1, 0.15) is 0 Å². The molecule has 2 rings (SSSR count). The maximum atomic E-state index is 12.1. The quantitative estimate of drug-likeness (QED) is 0.380. The second kappa shape index (κ2) is 9.58.